The molecule has 0 unspecified atom stereocenters. The van der Waals surface area contributed by atoms with Crippen molar-refractivity contribution in [1.29, 1.82) is 0 Å². The van der Waals surface area contributed by atoms with Crippen LogP contribution in [0.4, 0.5) is 5.69 Å². The van der Waals surface area contributed by atoms with Crippen LogP contribution in [0.2, 0.25) is 0 Å². The van der Waals surface area contributed by atoms with E-state index in [1.807, 2.05) is 60.7 Å². The zero-order chi connectivity index (χ0) is 22.9. The molecule has 0 spiro atoms. The predicted molar refractivity (Wildman–Crippen MR) is 125 cm³/mol. The van der Waals surface area contributed by atoms with E-state index >= 15 is 0 Å². The highest BCUT2D eigenvalue weighted by Gasteiger charge is 2.55. The van der Waals surface area contributed by atoms with Gasteiger partial charge in [-0.05, 0) is 35.4 Å². The van der Waals surface area contributed by atoms with E-state index in [0.29, 0.717) is 11.3 Å². The lowest BCUT2D eigenvalue weighted by atomic mass is 9.68. The van der Waals surface area contributed by atoms with Gasteiger partial charge in [-0.25, -0.2) is 9.69 Å². The van der Waals surface area contributed by atoms with E-state index in [2.05, 4.69) is 12.2 Å². The van der Waals surface area contributed by atoms with Crippen molar-refractivity contribution >= 4 is 23.5 Å². The molecule has 3 aromatic carbocycles. The largest absolute Gasteiger partial charge is 0.465 e. The molecule has 5 nitrogen and oxygen atoms in total. The average Bonchev–Trinajstić information content (AvgIpc) is 3.14. The average molecular weight is 437 g/mol. The van der Waals surface area contributed by atoms with Crippen LogP contribution in [0.15, 0.2) is 97.1 Å². The summed E-state index contributed by atoms with van der Waals surface area (Å²) in [4.78, 5) is 40.6. The van der Waals surface area contributed by atoms with E-state index in [9.17, 15) is 14.4 Å². The van der Waals surface area contributed by atoms with Gasteiger partial charge in [-0.15, -0.1) is 0 Å². The number of methoxy groups -OCH3 is 1. The third-order valence-electron chi connectivity index (χ3n) is 6.61. The highest BCUT2D eigenvalue weighted by molar-refractivity contribution is 6.23. The first kappa shape index (κ1) is 20.9. The van der Waals surface area contributed by atoms with Crippen molar-refractivity contribution in [2.24, 2.45) is 11.8 Å². The highest BCUT2D eigenvalue weighted by Crippen LogP contribution is 2.50. The summed E-state index contributed by atoms with van der Waals surface area (Å²) >= 11 is 0. The molecule has 0 aromatic heterocycles. The summed E-state index contributed by atoms with van der Waals surface area (Å²) in [6, 6.07) is 26.1. The molecule has 1 saturated heterocycles. The van der Waals surface area contributed by atoms with Crippen molar-refractivity contribution < 1.29 is 19.1 Å². The Kier molecular flexibility index (Phi) is 5.38. The molecule has 164 valence electrons. The third kappa shape index (κ3) is 3.55. The summed E-state index contributed by atoms with van der Waals surface area (Å²) in [6.45, 7) is 0. The van der Waals surface area contributed by atoms with E-state index in [0.717, 1.165) is 11.1 Å². The molecule has 0 N–H and O–H groups in total. The second-order valence-electron chi connectivity index (χ2n) is 8.36. The van der Waals surface area contributed by atoms with Gasteiger partial charge in [0.15, 0.2) is 0 Å². The van der Waals surface area contributed by atoms with E-state index in [1.165, 1.54) is 12.0 Å². The highest BCUT2D eigenvalue weighted by atomic mass is 16.5. The van der Waals surface area contributed by atoms with Gasteiger partial charge in [0, 0.05) is 11.8 Å². The molecule has 1 fully saturated rings. The van der Waals surface area contributed by atoms with Gasteiger partial charge in [0.05, 0.1) is 30.2 Å². The smallest absolute Gasteiger partial charge is 0.337 e. The molecule has 1 heterocycles. The normalized spacial score (nSPS) is 24.0. The maximum absolute atomic E-state index is 13.8. The fourth-order valence-corrected chi connectivity index (χ4v) is 5.05. The number of rotatable bonds is 4. The van der Waals surface area contributed by atoms with Crippen molar-refractivity contribution in [3.63, 3.8) is 0 Å². The minimum atomic E-state index is -0.504. The van der Waals surface area contributed by atoms with Gasteiger partial charge in [0.25, 0.3) is 0 Å². The Hall–Kier alpha value is -3.99. The fraction of sp³-hybridized carbons (Fsp3) is 0.179. The second-order valence-corrected chi connectivity index (χ2v) is 8.36. The molecule has 1 aliphatic carbocycles. The maximum Gasteiger partial charge on any atom is 0.337 e. The standard InChI is InChI=1S/C28H23NO4/c1-33-28(32)20-12-14-21(15-13-20)29-26(30)24-22(18-8-4-2-5-9-18)16-17-23(25(24)27(29)31)19-10-6-3-7-11-19/h2-17,22-25H,1H3/t22-,23-,24-,25+/m1/s1. The molecule has 3 aromatic rings. The fourth-order valence-electron chi connectivity index (χ4n) is 5.05. The van der Waals surface area contributed by atoms with Crippen molar-refractivity contribution in [3.05, 3.63) is 114 Å². The van der Waals surface area contributed by atoms with Gasteiger partial charge < -0.3 is 4.74 Å². The van der Waals surface area contributed by atoms with Gasteiger partial charge in [-0.1, -0.05) is 72.8 Å². The molecule has 2 aliphatic rings. The first-order valence-electron chi connectivity index (χ1n) is 10.9. The summed E-state index contributed by atoms with van der Waals surface area (Å²) in [5, 5.41) is 0. The van der Waals surface area contributed by atoms with Crippen LogP contribution in [0.3, 0.4) is 0 Å². The molecule has 0 saturated carbocycles. The Bertz CT molecular complexity index is 1150. The van der Waals surface area contributed by atoms with Crippen LogP contribution in [0, 0.1) is 11.8 Å². The third-order valence-corrected chi connectivity index (χ3v) is 6.61. The number of nitrogens with zero attached hydrogens (tertiary/aromatic N) is 1. The number of carbonyl (C=O) groups is 3. The van der Waals surface area contributed by atoms with Gasteiger partial charge >= 0.3 is 5.97 Å². The Morgan fingerprint density at radius 3 is 1.58 bits per heavy atom. The number of benzene rings is 3. The number of hydrogen-bond acceptors (Lipinski definition) is 4. The van der Waals surface area contributed by atoms with Crippen LogP contribution in [0.25, 0.3) is 0 Å². The molecule has 5 heteroatoms. The number of hydrogen-bond donors (Lipinski definition) is 0. The number of amides is 2. The van der Waals surface area contributed by atoms with Crippen LogP contribution in [-0.4, -0.2) is 24.9 Å². The van der Waals surface area contributed by atoms with E-state index in [1.54, 1.807) is 24.3 Å². The van der Waals surface area contributed by atoms with Crippen molar-refractivity contribution in [1.82, 2.24) is 0 Å². The molecule has 0 radical (unpaired) electrons. The Balaban J connectivity index is 1.58. The number of esters is 1. The van der Waals surface area contributed by atoms with Crippen LogP contribution in [0.1, 0.15) is 33.3 Å². The second kappa shape index (κ2) is 8.51. The van der Waals surface area contributed by atoms with E-state index < -0.39 is 17.8 Å². The van der Waals surface area contributed by atoms with Crippen molar-refractivity contribution in [2.75, 3.05) is 12.0 Å². The number of anilines is 1. The topological polar surface area (TPSA) is 63.7 Å². The number of carbonyl (C=O) groups excluding carboxylic acids is 3. The summed E-state index contributed by atoms with van der Waals surface area (Å²) < 4.78 is 4.75. The summed E-state index contributed by atoms with van der Waals surface area (Å²) in [5.41, 5.74) is 2.85. The van der Waals surface area contributed by atoms with Gasteiger partial charge in [0.1, 0.15) is 0 Å². The zero-order valence-electron chi connectivity index (χ0n) is 18.1. The molecule has 2 amide bonds. The number of imide groups is 1. The first-order chi connectivity index (χ1) is 16.1. The quantitative estimate of drug-likeness (QED) is 0.337. The van der Waals surface area contributed by atoms with E-state index in [4.69, 9.17) is 4.74 Å². The lowest BCUT2D eigenvalue weighted by molar-refractivity contribution is -0.122. The van der Waals surface area contributed by atoms with Crippen LogP contribution < -0.4 is 4.90 Å². The molecule has 5 rings (SSSR count). The number of fused-ring (bicyclic) bond motifs is 1. The number of allylic oxidation sites excluding steroid dienone is 2. The minimum Gasteiger partial charge on any atom is -0.465 e. The zero-order valence-corrected chi connectivity index (χ0v) is 18.1. The van der Waals surface area contributed by atoms with Crippen molar-refractivity contribution in [3.8, 4) is 0 Å². The summed E-state index contributed by atoms with van der Waals surface area (Å²) in [6.07, 6.45) is 4.15. The molecule has 0 bridgehead atoms. The minimum absolute atomic E-state index is 0.188. The van der Waals surface area contributed by atoms with Gasteiger partial charge in [0.2, 0.25) is 11.8 Å². The molecular weight excluding hydrogens is 414 g/mol. The molecule has 4 atom stereocenters. The predicted octanol–water partition coefficient (Wildman–Crippen LogP) is 4.72. The first-order valence-corrected chi connectivity index (χ1v) is 10.9. The van der Waals surface area contributed by atoms with Crippen molar-refractivity contribution in [2.45, 2.75) is 11.8 Å². The molecule has 33 heavy (non-hydrogen) atoms. The van der Waals surface area contributed by atoms with Crippen LogP contribution in [0.5, 0.6) is 0 Å². The summed E-state index contributed by atoms with van der Waals surface area (Å²) in [7, 11) is 1.31. The lowest BCUT2D eigenvalue weighted by Gasteiger charge is -2.32. The number of ether oxygens (including phenoxy) is 1. The van der Waals surface area contributed by atoms with Gasteiger partial charge in [-0.2, -0.15) is 0 Å². The monoisotopic (exact) mass is 437 g/mol. The molecular formula is C28H23NO4. The Labute approximate surface area is 192 Å². The SMILES string of the molecule is COC(=O)c1ccc(N2C(=O)[C@@H]3[C@H](C2=O)[C@@H](c2ccccc2)C=C[C@@H]3c2ccccc2)cc1. The Morgan fingerprint density at radius 1 is 0.697 bits per heavy atom. The van der Waals surface area contributed by atoms with Crippen LogP contribution >= 0.6 is 0 Å². The van der Waals surface area contributed by atoms with Crippen LogP contribution in [-0.2, 0) is 14.3 Å². The molecule has 1 aliphatic heterocycles. The van der Waals surface area contributed by atoms with Gasteiger partial charge in [-0.3, -0.25) is 9.59 Å². The van der Waals surface area contributed by atoms with E-state index in [-0.39, 0.29) is 23.7 Å². The Morgan fingerprint density at radius 2 is 1.15 bits per heavy atom. The lowest BCUT2D eigenvalue weighted by Crippen LogP contribution is -2.31. The maximum atomic E-state index is 13.8. The summed E-state index contributed by atoms with van der Waals surface area (Å²) in [5.74, 6) is -2.28.